The molecule has 1 aliphatic heterocycles. The molecule has 19 heavy (non-hydrogen) atoms. The van der Waals surface area contributed by atoms with Crippen LogP contribution in [0, 0.1) is 4.77 Å². The number of likely N-dealkylation sites (tertiary alicyclic amines) is 1. The molecule has 0 aliphatic carbocycles. The third-order valence-electron chi connectivity index (χ3n) is 3.38. The third kappa shape index (κ3) is 2.58. The molecule has 0 radical (unpaired) electrons. The molecule has 1 aromatic carbocycles. The fourth-order valence-electron chi connectivity index (χ4n) is 2.43. The Morgan fingerprint density at radius 2 is 2.11 bits per heavy atom. The lowest BCUT2D eigenvalue weighted by Crippen LogP contribution is -2.25. The fourth-order valence-corrected chi connectivity index (χ4v) is 2.59. The summed E-state index contributed by atoms with van der Waals surface area (Å²) in [4.78, 5) is 18.0. The van der Waals surface area contributed by atoms with E-state index in [2.05, 4.69) is 27.3 Å². The molecule has 6 heteroatoms. The van der Waals surface area contributed by atoms with E-state index in [4.69, 9.17) is 12.2 Å². The van der Waals surface area contributed by atoms with Crippen LogP contribution in [0.25, 0.3) is 0 Å². The van der Waals surface area contributed by atoms with Crippen LogP contribution in [0.4, 0.5) is 0 Å². The first kappa shape index (κ1) is 12.1. The van der Waals surface area contributed by atoms with E-state index >= 15 is 0 Å². The van der Waals surface area contributed by atoms with Crippen molar-refractivity contribution in [2.24, 2.45) is 0 Å². The Kier molecular flexibility index (Phi) is 3.16. The summed E-state index contributed by atoms with van der Waals surface area (Å²) in [5.74, 6) is 1.14. The van der Waals surface area contributed by atoms with Crippen molar-refractivity contribution in [1.82, 2.24) is 20.1 Å². The van der Waals surface area contributed by atoms with Gasteiger partial charge in [0, 0.05) is 18.9 Å². The molecule has 1 amide bonds. The zero-order valence-electron chi connectivity index (χ0n) is 10.3. The normalized spacial score (nSPS) is 19.1. The highest BCUT2D eigenvalue weighted by Crippen LogP contribution is 2.28. The van der Waals surface area contributed by atoms with Crippen LogP contribution in [0.2, 0.25) is 0 Å². The number of aromatic amines is 2. The van der Waals surface area contributed by atoms with Gasteiger partial charge in [0.15, 0.2) is 0 Å². The summed E-state index contributed by atoms with van der Waals surface area (Å²) in [6.07, 6.45) is 0.565. The molecule has 98 valence electrons. The molecule has 1 aliphatic rings. The van der Waals surface area contributed by atoms with Crippen LogP contribution < -0.4 is 0 Å². The van der Waals surface area contributed by atoms with E-state index in [0.29, 0.717) is 23.6 Å². The number of amides is 1. The Balaban J connectivity index is 1.72. The van der Waals surface area contributed by atoms with Crippen molar-refractivity contribution in [3.8, 4) is 0 Å². The van der Waals surface area contributed by atoms with Gasteiger partial charge in [0.1, 0.15) is 5.82 Å². The number of hydrogen-bond acceptors (Lipinski definition) is 3. The van der Waals surface area contributed by atoms with Gasteiger partial charge < -0.3 is 4.90 Å². The average molecular weight is 274 g/mol. The van der Waals surface area contributed by atoms with Gasteiger partial charge in [-0.25, -0.2) is 4.98 Å². The molecule has 0 bridgehead atoms. The number of nitrogens with one attached hydrogen (secondary N) is 2. The van der Waals surface area contributed by atoms with Crippen molar-refractivity contribution in [2.45, 2.75) is 18.9 Å². The molecule has 1 saturated heterocycles. The number of nitrogens with zero attached hydrogens (tertiary/aromatic N) is 2. The van der Waals surface area contributed by atoms with E-state index in [0.717, 1.165) is 6.54 Å². The van der Waals surface area contributed by atoms with Crippen molar-refractivity contribution < 1.29 is 4.79 Å². The SMILES string of the molecule is O=C1C[C@H](c2ccccc2)CN1Cc1nc(=S)[nH][nH]1. The molecule has 2 N–H and O–H groups in total. The minimum atomic E-state index is 0.163. The van der Waals surface area contributed by atoms with Gasteiger partial charge in [-0.15, -0.1) is 0 Å². The van der Waals surface area contributed by atoms with Gasteiger partial charge in [0.2, 0.25) is 10.7 Å². The van der Waals surface area contributed by atoms with Crippen LogP contribution in [-0.4, -0.2) is 32.5 Å². The highest BCUT2D eigenvalue weighted by atomic mass is 32.1. The van der Waals surface area contributed by atoms with Gasteiger partial charge in [-0.3, -0.25) is 15.0 Å². The van der Waals surface area contributed by atoms with Gasteiger partial charge in [-0.05, 0) is 17.8 Å². The van der Waals surface area contributed by atoms with E-state index in [1.807, 2.05) is 23.1 Å². The highest BCUT2D eigenvalue weighted by molar-refractivity contribution is 7.71. The Bertz CT molecular complexity index is 633. The Hall–Kier alpha value is -1.95. The zero-order chi connectivity index (χ0) is 13.2. The monoisotopic (exact) mass is 274 g/mol. The van der Waals surface area contributed by atoms with E-state index in [1.54, 1.807) is 0 Å². The van der Waals surface area contributed by atoms with E-state index in [9.17, 15) is 4.79 Å². The predicted octanol–water partition coefficient (Wildman–Crippen LogP) is 1.98. The molecular formula is C13H14N4OS. The summed E-state index contributed by atoms with van der Waals surface area (Å²) in [5, 5.41) is 5.61. The summed E-state index contributed by atoms with van der Waals surface area (Å²) in [6.45, 7) is 1.21. The second-order valence-corrected chi connectivity index (χ2v) is 5.09. The number of carbonyl (C=O) groups excluding carboxylic acids is 1. The maximum absolute atomic E-state index is 12.0. The van der Waals surface area contributed by atoms with Gasteiger partial charge in [0.25, 0.3) is 0 Å². The van der Waals surface area contributed by atoms with E-state index in [1.165, 1.54) is 5.56 Å². The molecule has 0 spiro atoms. The molecule has 2 heterocycles. The van der Waals surface area contributed by atoms with Crippen LogP contribution in [0.15, 0.2) is 30.3 Å². The molecule has 1 aromatic heterocycles. The van der Waals surface area contributed by atoms with E-state index in [-0.39, 0.29) is 11.8 Å². The molecule has 2 aromatic rings. The summed E-state index contributed by atoms with van der Waals surface area (Å²) in [5.41, 5.74) is 1.22. The van der Waals surface area contributed by atoms with Crippen molar-refractivity contribution in [2.75, 3.05) is 6.54 Å². The van der Waals surface area contributed by atoms with Crippen LogP contribution in [0.3, 0.4) is 0 Å². The molecule has 1 atom stereocenters. The third-order valence-corrected chi connectivity index (χ3v) is 3.57. The number of rotatable bonds is 3. The van der Waals surface area contributed by atoms with Crippen molar-refractivity contribution in [1.29, 1.82) is 0 Å². The first-order valence-electron chi connectivity index (χ1n) is 6.18. The van der Waals surface area contributed by atoms with Gasteiger partial charge in [0.05, 0.1) is 6.54 Å². The lowest BCUT2D eigenvalue weighted by atomic mass is 9.99. The van der Waals surface area contributed by atoms with Crippen LogP contribution in [-0.2, 0) is 11.3 Å². The highest BCUT2D eigenvalue weighted by Gasteiger charge is 2.30. The molecule has 1 fully saturated rings. The molecule has 5 nitrogen and oxygen atoms in total. The summed E-state index contributed by atoms with van der Waals surface area (Å²) >= 11 is 4.90. The fraction of sp³-hybridized carbons (Fsp3) is 0.308. The van der Waals surface area contributed by atoms with Crippen molar-refractivity contribution in [3.05, 3.63) is 46.5 Å². The first-order chi connectivity index (χ1) is 9.22. The van der Waals surface area contributed by atoms with E-state index < -0.39 is 0 Å². The minimum Gasteiger partial charge on any atom is -0.335 e. The number of benzene rings is 1. The molecule has 0 saturated carbocycles. The second-order valence-electron chi connectivity index (χ2n) is 4.70. The number of H-pyrrole nitrogens is 2. The summed E-state index contributed by atoms with van der Waals surface area (Å²) < 4.78 is 0.418. The summed E-state index contributed by atoms with van der Waals surface area (Å²) in [7, 11) is 0. The summed E-state index contributed by atoms with van der Waals surface area (Å²) in [6, 6.07) is 10.1. The first-order valence-corrected chi connectivity index (χ1v) is 6.59. The number of carbonyl (C=O) groups is 1. The number of hydrogen-bond donors (Lipinski definition) is 2. The Morgan fingerprint density at radius 3 is 2.79 bits per heavy atom. The maximum Gasteiger partial charge on any atom is 0.223 e. The average Bonchev–Trinajstić information content (AvgIpc) is 2.98. The lowest BCUT2D eigenvalue weighted by Gasteiger charge is -2.14. The zero-order valence-corrected chi connectivity index (χ0v) is 11.1. The van der Waals surface area contributed by atoms with Crippen molar-refractivity contribution >= 4 is 18.1 Å². The van der Waals surface area contributed by atoms with Crippen LogP contribution >= 0.6 is 12.2 Å². The van der Waals surface area contributed by atoms with Crippen LogP contribution in [0.5, 0.6) is 0 Å². The van der Waals surface area contributed by atoms with Crippen molar-refractivity contribution in [3.63, 3.8) is 0 Å². The largest absolute Gasteiger partial charge is 0.335 e. The number of aromatic nitrogens is 3. The van der Waals surface area contributed by atoms with Gasteiger partial charge in [-0.2, -0.15) is 0 Å². The minimum absolute atomic E-state index is 0.163. The lowest BCUT2D eigenvalue weighted by molar-refractivity contribution is -0.128. The van der Waals surface area contributed by atoms with Crippen LogP contribution in [0.1, 0.15) is 23.7 Å². The molecular weight excluding hydrogens is 260 g/mol. The smallest absolute Gasteiger partial charge is 0.223 e. The quantitative estimate of drug-likeness (QED) is 0.841. The molecule has 3 rings (SSSR count). The predicted molar refractivity (Wildman–Crippen MR) is 73.0 cm³/mol. The second kappa shape index (κ2) is 4.97. The van der Waals surface area contributed by atoms with Gasteiger partial charge >= 0.3 is 0 Å². The Labute approximate surface area is 115 Å². The molecule has 0 unspecified atom stereocenters. The standard InChI is InChI=1S/C13H14N4OS/c18-12-6-10(9-4-2-1-3-5-9)7-17(12)8-11-14-13(19)16-15-11/h1-5,10H,6-8H2,(H2,14,15,16,19)/t10-/m0/s1. The maximum atomic E-state index is 12.0. The van der Waals surface area contributed by atoms with Gasteiger partial charge in [-0.1, -0.05) is 30.3 Å². The topological polar surface area (TPSA) is 64.8 Å². The Morgan fingerprint density at radius 1 is 1.32 bits per heavy atom.